The number of nitriles is 1. The highest BCUT2D eigenvalue weighted by molar-refractivity contribution is 8.18. The summed E-state index contributed by atoms with van der Waals surface area (Å²) in [5.41, 5.74) is 1.37. The number of carbonyl (C=O) groups is 1. The first-order valence-corrected chi connectivity index (χ1v) is 9.08. The van der Waals surface area contributed by atoms with Gasteiger partial charge in [0.15, 0.2) is 11.8 Å². The Balaban J connectivity index is 1.87. The first-order chi connectivity index (χ1) is 13.1. The predicted octanol–water partition coefficient (Wildman–Crippen LogP) is 4.35. The van der Waals surface area contributed by atoms with Gasteiger partial charge in [-0.15, -0.1) is 0 Å². The highest BCUT2D eigenvalue weighted by Crippen LogP contribution is 2.34. The molecule has 0 aliphatic carbocycles. The minimum Gasteiger partial charge on any atom is -0.479 e. The predicted molar refractivity (Wildman–Crippen MR) is 104 cm³/mol. The first-order valence-electron chi connectivity index (χ1n) is 8.26. The molecule has 1 saturated heterocycles. The van der Waals surface area contributed by atoms with Gasteiger partial charge in [-0.3, -0.25) is 9.69 Å². The molecule has 0 aromatic heterocycles. The number of aliphatic imine (C=N–C) groups is 1. The van der Waals surface area contributed by atoms with Crippen LogP contribution in [0, 0.1) is 17.1 Å². The van der Waals surface area contributed by atoms with E-state index in [0.29, 0.717) is 28.1 Å². The summed E-state index contributed by atoms with van der Waals surface area (Å²) in [4.78, 5) is 19.3. The molecule has 7 heteroatoms. The van der Waals surface area contributed by atoms with Crippen molar-refractivity contribution in [1.29, 1.82) is 5.26 Å². The van der Waals surface area contributed by atoms with Crippen molar-refractivity contribution >= 4 is 34.6 Å². The van der Waals surface area contributed by atoms with Crippen molar-refractivity contribution in [1.82, 2.24) is 4.90 Å². The van der Waals surface area contributed by atoms with E-state index < -0.39 is 0 Å². The molecular formula is C20H16FN3O2S. The summed E-state index contributed by atoms with van der Waals surface area (Å²) in [6.45, 7) is 2.32. The maximum atomic E-state index is 13.1. The lowest BCUT2D eigenvalue weighted by molar-refractivity contribution is -0.122. The number of amides is 1. The Hall–Kier alpha value is -3.11. The van der Waals surface area contributed by atoms with Gasteiger partial charge in [0.2, 0.25) is 0 Å². The summed E-state index contributed by atoms with van der Waals surface area (Å²) in [7, 11) is 0. The summed E-state index contributed by atoms with van der Waals surface area (Å²) < 4.78 is 18.4. The number of halogens is 1. The van der Waals surface area contributed by atoms with Crippen molar-refractivity contribution < 1.29 is 13.9 Å². The van der Waals surface area contributed by atoms with E-state index in [1.807, 2.05) is 19.1 Å². The maximum absolute atomic E-state index is 13.1. The zero-order chi connectivity index (χ0) is 19.2. The number of rotatable bonds is 5. The van der Waals surface area contributed by atoms with Crippen LogP contribution in [0.15, 0.2) is 58.4 Å². The molecule has 0 atom stereocenters. The largest absolute Gasteiger partial charge is 0.479 e. The number of nitrogens with zero attached hydrogens (tertiary/aromatic N) is 3. The third kappa shape index (κ3) is 4.54. The van der Waals surface area contributed by atoms with Crippen molar-refractivity contribution in [2.24, 2.45) is 4.99 Å². The van der Waals surface area contributed by atoms with Crippen LogP contribution in [0.5, 0.6) is 5.75 Å². The van der Waals surface area contributed by atoms with Crippen LogP contribution in [0.2, 0.25) is 0 Å². The molecule has 136 valence electrons. The van der Waals surface area contributed by atoms with Gasteiger partial charge in [-0.2, -0.15) is 5.26 Å². The smallest absolute Gasteiger partial charge is 0.266 e. The summed E-state index contributed by atoms with van der Waals surface area (Å²) in [5, 5.41) is 9.16. The van der Waals surface area contributed by atoms with Crippen LogP contribution in [0.4, 0.5) is 10.1 Å². The van der Waals surface area contributed by atoms with Crippen molar-refractivity contribution in [2.45, 2.75) is 6.92 Å². The van der Waals surface area contributed by atoms with Crippen molar-refractivity contribution in [3.05, 3.63) is 64.8 Å². The molecule has 0 unspecified atom stereocenters. The molecule has 1 heterocycles. The molecule has 1 aliphatic rings. The van der Waals surface area contributed by atoms with Crippen LogP contribution in [-0.2, 0) is 4.79 Å². The van der Waals surface area contributed by atoms with Crippen LogP contribution < -0.4 is 4.74 Å². The number of hydrogen-bond donors (Lipinski definition) is 0. The molecule has 3 rings (SSSR count). The molecule has 2 aromatic carbocycles. The number of hydrogen-bond acceptors (Lipinski definition) is 5. The van der Waals surface area contributed by atoms with Crippen LogP contribution in [0.1, 0.15) is 12.5 Å². The molecule has 1 aliphatic heterocycles. The number of carbonyl (C=O) groups excluding carboxylic acids is 1. The van der Waals surface area contributed by atoms with Gasteiger partial charge in [-0.25, -0.2) is 9.38 Å². The molecular weight excluding hydrogens is 365 g/mol. The van der Waals surface area contributed by atoms with Crippen LogP contribution in [-0.4, -0.2) is 29.1 Å². The van der Waals surface area contributed by atoms with Gasteiger partial charge in [-0.1, -0.05) is 12.1 Å². The summed E-state index contributed by atoms with van der Waals surface area (Å²) in [6.07, 6.45) is 1.77. The molecule has 2 aromatic rings. The normalized spacial score (nSPS) is 16.8. The lowest BCUT2D eigenvalue weighted by Crippen LogP contribution is -2.28. The summed E-state index contributed by atoms with van der Waals surface area (Å²) >= 11 is 1.27. The van der Waals surface area contributed by atoms with Gasteiger partial charge in [0.05, 0.1) is 10.6 Å². The maximum Gasteiger partial charge on any atom is 0.266 e. The van der Waals surface area contributed by atoms with Gasteiger partial charge >= 0.3 is 0 Å². The minimum absolute atomic E-state index is 0.0359. The standard InChI is InChI=1S/C20H16FN3O2S/c1-2-24-19(25)18(13-14-4-3-5-17(12-14)26-11-10-22)27-20(24)23-16-8-6-15(21)7-9-16/h3-9,12-13H,2,11H2,1H3/b18-13+,23-20?. The van der Waals surface area contributed by atoms with Crippen LogP contribution >= 0.6 is 11.8 Å². The van der Waals surface area contributed by atoms with Gasteiger partial charge in [-0.05, 0) is 66.7 Å². The van der Waals surface area contributed by atoms with E-state index in [0.717, 1.165) is 5.56 Å². The van der Waals surface area contributed by atoms with Gasteiger partial charge < -0.3 is 4.74 Å². The molecule has 1 fully saturated rings. The van der Waals surface area contributed by atoms with Crippen molar-refractivity contribution in [3.8, 4) is 11.8 Å². The van der Waals surface area contributed by atoms with E-state index in [2.05, 4.69) is 4.99 Å². The van der Waals surface area contributed by atoms with Gasteiger partial charge in [0, 0.05) is 6.54 Å². The highest BCUT2D eigenvalue weighted by atomic mass is 32.2. The molecule has 0 radical (unpaired) electrons. The lowest BCUT2D eigenvalue weighted by Gasteiger charge is -2.11. The average molecular weight is 381 g/mol. The van der Waals surface area contributed by atoms with E-state index >= 15 is 0 Å². The second kappa shape index (κ2) is 8.52. The summed E-state index contributed by atoms with van der Waals surface area (Å²) in [5.74, 6) is 0.0983. The fourth-order valence-corrected chi connectivity index (χ4v) is 3.52. The third-order valence-corrected chi connectivity index (χ3v) is 4.72. The number of ether oxygens (including phenoxy) is 1. The quantitative estimate of drug-likeness (QED) is 0.722. The van der Waals surface area contributed by atoms with E-state index in [9.17, 15) is 9.18 Å². The SMILES string of the molecule is CCN1C(=O)/C(=C\c2cccc(OCC#N)c2)SC1=Nc1ccc(F)cc1. The second-order valence-electron chi connectivity index (χ2n) is 5.55. The second-order valence-corrected chi connectivity index (χ2v) is 6.56. The number of benzene rings is 2. The monoisotopic (exact) mass is 381 g/mol. The zero-order valence-electron chi connectivity index (χ0n) is 14.6. The third-order valence-electron chi connectivity index (χ3n) is 3.71. The molecule has 0 spiro atoms. The van der Waals surface area contributed by atoms with E-state index in [-0.39, 0.29) is 18.3 Å². The van der Waals surface area contributed by atoms with Crippen LogP contribution in [0.25, 0.3) is 6.08 Å². The highest BCUT2D eigenvalue weighted by Gasteiger charge is 2.32. The number of likely N-dealkylation sites (N-methyl/N-ethyl adjacent to an activating group) is 1. The minimum atomic E-state index is -0.333. The zero-order valence-corrected chi connectivity index (χ0v) is 15.4. The van der Waals surface area contributed by atoms with Crippen molar-refractivity contribution in [3.63, 3.8) is 0 Å². The van der Waals surface area contributed by atoms with Gasteiger partial charge in [0.1, 0.15) is 17.6 Å². The number of thioether (sulfide) groups is 1. The molecule has 1 amide bonds. The van der Waals surface area contributed by atoms with E-state index in [4.69, 9.17) is 10.00 Å². The fourth-order valence-electron chi connectivity index (χ4n) is 2.46. The van der Waals surface area contributed by atoms with E-state index in [1.165, 1.54) is 23.9 Å². The van der Waals surface area contributed by atoms with Gasteiger partial charge in [0.25, 0.3) is 5.91 Å². The Labute approximate surface area is 160 Å². The number of amidine groups is 1. The Morgan fingerprint density at radius 1 is 1.30 bits per heavy atom. The molecule has 0 saturated carbocycles. The first kappa shape index (κ1) is 18.7. The average Bonchev–Trinajstić information content (AvgIpc) is 2.96. The lowest BCUT2D eigenvalue weighted by atomic mass is 10.2. The Morgan fingerprint density at radius 3 is 2.78 bits per heavy atom. The summed E-state index contributed by atoms with van der Waals surface area (Å²) in [6, 6.07) is 14.9. The Bertz CT molecular complexity index is 948. The Kier molecular flexibility index (Phi) is 5.89. The molecule has 27 heavy (non-hydrogen) atoms. The fraction of sp³-hybridized carbons (Fsp3) is 0.150. The molecule has 5 nitrogen and oxygen atoms in total. The van der Waals surface area contributed by atoms with Crippen molar-refractivity contribution in [2.75, 3.05) is 13.2 Å². The molecule has 0 bridgehead atoms. The van der Waals surface area contributed by atoms with Crippen LogP contribution in [0.3, 0.4) is 0 Å². The van der Waals surface area contributed by atoms with E-state index in [1.54, 1.807) is 41.3 Å². The topological polar surface area (TPSA) is 65.7 Å². The Morgan fingerprint density at radius 2 is 2.07 bits per heavy atom. The molecule has 0 N–H and O–H groups in total.